The van der Waals surface area contributed by atoms with Crippen molar-refractivity contribution in [1.82, 2.24) is 25.2 Å². The molecule has 2 aromatic heterocycles. The normalized spacial score (nSPS) is 10.8. The van der Waals surface area contributed by atoms with Gasteiger partial charge in [0.1, 0.15) is 5.75 Å². The number of rotatable bonds is 6. The van der Waals surface area contributed by atoms with Gasteiger partial charge in [0.15, 0.2) is 0 Å². The van der Waals surface area contributed by atoms with E-state index in [9.17, 15) is 8.78 Å². The van der Waals surface area contributed by atoms with E-state index in [1.165, 1.54) is 12.3 Å². The molecule has 1 N–H and O–H groups in total. The van der Waals surface area contributed by atoms with Gasteiger partial charge in [0.25, 0.3) is 0 Å². The van der Waals surface area contributed by atoms with Gasteiger partial charge in [0.05, 0.1) is 24.1 Å². The molecule has 9 heteroatoms. The van der Waals surface area contributed by atoms with Crippen LogP contribution in [-0.4, -0.2) is 31.8 Å². The molecular formula is C15H14F2N6O. The number of anilines is 1. The van der Waals surface area contributed by atoms with Crippen LogP contribution in [-0.2, 0) is 6.54 Å². The maximum atomic E-state index is 12.1. The SMILES string of the molecule is Cc1ccc(-n2nnnc2NCc2ccc(OC(F)F)cn2)cc1. The fraction of sp³-hybridized carbons (Fsp3) is 0.200. The maximum absolute atomic E-state index is 12.1. The van der Waals surface area contributed by atoms with E-state index in [1.54, 1.807) is 10.7 Å². The number of nitrogens with zero attached hydrogens (tertiary/aromatic N) is 5. The Morgan fingerprint density at radius 1 is 1.17 bits per heavy atom. The molecule has 24 heavy (non-hydrogen) atoms. The number of pyridine rings is 1. The van der Waals surface area contributed by atoms with Crippen LogP contribution in [0.25, 0.3) is 5.69 Å². The predicted molar refractivity (Wildman–Crippen MR) is 82.1 cm³/mol. The second-order valence-electron chi connectivity index (χ2n) is 4.97. The number of hydrogen-bond donors (Lipinski definition) is 1. The van der Waals surface area contributed by atoms with Gasteiger partial charge in [-0.1, -0.05) is 22.8 Å². The van der Waals surface area contributed by atoms with Crippen molar-refractivity contribution in [2.75, 3.05) is 5.32 Å². The lowest BCUT2D eigenvalue weighted by atomic mass is 10.2. The molecule has 0 aliphatic heterocycles. The number of aryl methyl sites for hydroxylation is 1. The highest BCUT2D eigenvalue weighted by Gasteiger charge is 2.09. The third-order valence-electron chi connectivity index (χ3n) is 3.20. The van der Waals surface area contributed by atoms with Gasteiger partial charge in [0.2, 0.25) is 5.95 Å². The highest BCUT2D eigenvalue weighted by atomic mass is 19.3. The molecule has 0 fully saturated rings. The van der Waals surface area contributed by atoms with Gasteiger partial charge < -0.3 is 10.1 Å². The van der Waals surface area contributed by atoms with E-state index in [0.29, 0.717) is 18.2 Å². The predicted octanol–water partition coefficient (Wildman–Crippen LogP) is 2.58. The maximum Gasteiger partial charge on any atom is 0.387 e. The van der Waals surface area contributed by atoms with Crippen molar-refractivity contribution in [3.05, 3.63) is 53.9 Å². The molecule has 0 bridgehead atoms. The third-order valence-corrected chi connectivity index (χ3v) is 3.20. The summed E-state index contributed by atoms with van der Waals surface area (Å²) in [6.45, 7) is -0.536. The van der Waals surface area contributed by atoms with E-state index >= 15 is 0 Å². The average Bonchev–Trinajstić information content (AvgIpc) is 3.03. The van der Waals surface area contributed by atoms with E-state index in [2.05, 4.69) is 30.6 Å². The average molecular weight is 332 g/mol. The first kappa shape index (κ1) is 15.8. The number of nitrogens with one attached hydrogen (secondary N) is 1. The zero-order chi connectivity index (χ0) is 16.9. The molecule has 0 spiro atoms. The van der Waals surface area contributed by atoms with Crippen molar-refractivity contribution in [2.45, 2.75) is 20.1 Å². The summed E-state index contributed by atoms with van der Waals surface area (Å²) in [5, 5.41) is 14.6. The van der Waals surface area contributed by atoms with E-state index in [0.717, 1.165) is 11.3 Å². The minimum absolute atomic E-state index is 0.0123. The lowest BCUT2D eigenvalue weighted by Crippen LogP contribution is -2.09. The monoisotopic (exact) mass is 332 g/mol. The number of hydrogen-bond acceptors (Lipinski definition) is 6. The number of halogens is 2. The largest absolute Gasteiger partial charge is 0.433 e. The Bertz CT molecular complexity index is 788. The van der Waals surface area contributed by atoms with Crippen molar-refractivity contribution >= 4 is 5.95 Å². The molecule has 0 atom stereocenters. The van der Waals surface area contributed by atoms with Gasteiger partial charge in [-0.25, -0.2) is 0 Å². The molecule has 7 nitrogen and oxygen atoms in total. The van der Waals surface area contributed by atoms with Crippen LogP contribution in [0.2, 0.25) is 0 Å². The van der Waals surface area contributed by atoms with Gasteiger partial charge in [-0.15, -0.1) is 0 Å². The highest BCUT2D eigenvalue weighted by molar-refractivity contribution is 5.40. The van der Waals surface area contributed by atoms with Crippen LogP contribution in [0.3, 0.4) is 0 Å². The summed E-state index contributed by atoms with van der Waals surface area (Å²) in [6, 6.07) is 10.8. The second kappa shape index (κ2) is 6.99. The number of alkyl halides is 2. The van der Waals surface area contributed by atoms with Crippen molar-refractivity contribution in [2.24, 2.45) is 0 Å². The molecule has 0 aliphatic rings. The van der Waals surface area contributed by atoms with E-state index < -0.39 is 6.61 Å². The Labute approximate surface area is 136 Å². The quantitative estimate of drug-likeness (QED) is 0.747. The van der Waals surface area contributed by atoms with Crippen LogP contribution >= 0.6 is 0 Å². The van der Waals surface area contributed by atoms with Crippen LogP contribution in [0.1, 0.15) is 11.3 Å². The van der Waals surface area contributed by atoms with Crippen LogP contribution in [0.5, 0.6) is 5.75 Å². The Balaban J connectivity index is 1.67. The third kappa shape index (κ3) is 3.80. The fourth-order valence-corrected chi connectivity index (χ4v) is 2.01. The molecule has 3 aromatic rings. The summed E-state index contributed by atoms with van der Waals surface area (Å²) in [6.07, 6.45) is 1.24. The summed E-state index contributed by atoms with van der Waals surface area (Å²) in [5.74, 6) is 0.465. The van der Waals surface area contributed by atoms with Crippen LogP contribution in [0, 0.1) is 6.92 Å². The summed E-state index contributed by atoms with van der Waals surface area (Å²) in [5.41, 5.74) is 2.59. The molecule has 3 rings (SSSR count). The van der Waals surface area contributed by atoms with Crippen molar-refractivity contribution in [3.8, 4) is 11.4 Å². The molecule has 0 amide bonds. The molecule has 124 valence electrons. The van der Waals surface area contributed by atoms with Crippen LogP contribution in [0.15, 0.2) is 42.6 Å². The molecule has 1 aromatic carbocycles. The van der Waals surface area contributed by atoms with Gasteiger partial charge in [-0.05, 0) is 41.6 Å². The summed E-state index contributed by atoms with van der Waals surface area (Å²) in [4.78, 5) is 4.05. The molecule has 0 radical (unpaired) electrons. The first-order valence-corrected chi connectivity index (χ1v) is 7.11. The highest BCUT2D eigenvalue weighted by Crippen LogP contribution is 2.15. The van der Waals surface area contributed by atoms with Crippen LogP contribution < -0.4 is 10.1 Å². The lowest BCUT2D eigenvalue weighted by molar-refractivity contribution is -0.0500. The van der Waals surface area contributed by atoms with Crippen molar-refractivity contribution < 1.29 is 13.5 Å². The van der Waals surface area contributed by atoms with E-state index in [-0.39, 0.29) is 5.75 Å². The van der Waals surface area contributed by atoms with Gasteiger partial charge in [-0.2, -0.15) is 13.5 Å². The molecular weight excluding hydrogens is 318 g/mol. The first-order chi connectivity index (χ1) is 11.6. The second-order valence-corrected chi connectivity index (χ2v) is 4.97. The molecule has 0 saturated heterocycles. The zero-order valence-corrected chi connectivity index (χ0v) is 12.7. The van der Waals surface area contributed by atoms with Crippen LogP contribution in [0.4, 0.5) is 14.7 Å². The number of tetrazole rings is 1. The van der Waals surface area contributed by atoms with E-state index in [1.807, 2.05) is 31.2 Å². The topological polar surface area (TPSA) is 77.8 Å². The Morgan fingerprint density at radius 3 is 2.62 bits per heavy atom. The van der Waals surface area contributed by atoms with E-state index in [4.69, 9.17) is 0 Å². The fourth-order valence-electron chi connectivity index (χ4n) is 2.01. The minimum atomic E-state index is -2.87. The number of benzene rings is 1. The molecule has 0 saturated carbocycles. The van der Waals surface area contributed by atoms with Gasteiger partial charge in [-0.3, -0.25) is 4.98 Å². The van der Waals surface area contributed by atoms with Gasteiger partial charge in [0, 0.05) is 0 Å². The number of aromatic nitrogens is 5. The lowest BCUT2D eigenvalue weighted by Gasteiger charge is -2.08. The molecule has 0 aliphatic carbocycles. The Morgan fingerprint density at radius 2 is 1.96 bits per heavy atom. The Kier molecular flexibility index (Phi) is 4.59. The summed E-state index contributed by atoms with van der Waals surface area (Å²) < 4.78 is 30.0. The standard InChI is InChI=1S/C15H14F2N6O/c1-10-2-5-12(6-3-10)23-15(20-21-22-23)19-8-11-4-7-13(9-18-11)24-14(16)17/h2-7,9,14H,8H2,1H3,(H,19,20,22). The summed E-state index contributed by atoms with van der Waals surface area (Å²) in [7, 11) is 0. The van der Waals surface area contributed by atoms with Crippen molar-refractivity contribution in [1.29, 1.82) is 0 Å². The van der Waals surface area contributed by atoms with Crippen molar-refractivity contribution in [3.63, 3.8) is 0 Å². The zero-order valence-electron chi connectivity index (χ0n) is 12.7. The minimum Gasteiger partial charge on any atom is -0.433 e. The van der Waals surface area contributed by atoms with Gasteiger partial charge >= 0.3 is 6.61 Å². The Hall–Kier alpha value is -3.10. The molecule has 0 unspecified atom stereocenters. The smallest absolute Gasteiger partial charge is 0.387 e. The summed E-state index contributed by atoms with van der Waals surface area (Å²) >= 11 is 0. The first-order valence-electron chi connectivity index (χ1n) is 7.11. The number of ether oxygens (including phenoxy) is 1. The molecule has 2 heterocycles.